The summed E-state index contributed by atoms with van der Waals surface area (Å²) in [5, 5.41) is 0. The minimum atomic E-state index is 0.0683. The highest BCUT2D eigenvalue weighted by atomic mass is 16.2. The molecule has 1 amide bonds. The summed E-state index contributed by atoms with van der Waals surface area (Å²) < 4.78 is 0. The van der Waals surface area contributed by atoms with E-state index in [1.807, 2.05) is 4.90 Å². The van der Waals surface area contributed by atoms with E-state index in [0.717, 1.165) is 0 Å². The minimum absolute atomic E-state index is 0.0683. The summed E-state index contributed by atoms with van der Waals surface area (Å²) in [6, 6.07) is 8.66. The zero-order valence-electron chi connectivity index (χ0n) is 12.8. The second-order valence-corrected chi connectivity index (χ2v) is 6.66. The molecule has 0 spiro atoms. The summed E-state index contributed by atoms with van der Waals surface area (Å²) in [4.78, 5) is 13.9. The topological polar surface area (TPSA) is 20.3 Å². The van der Waals surface area contributed by atoms with Crippen LogP contribution in [0.5, 0.6) is 0 Å². The lowest BCUT2D eigenvalue weighted by Gasteiger charge is -2.26. The van der Waals surface area contributed by atoms with Gasteiger partial charge in [0.1, 0.15) is 0 Å². The summed E-state index contributed by atoms with van der Waals surface area (Å²) in [5.74, 6) is 2.93. The van der Waals surface area contributed by atoms with Crippen molar-refractivity contribution in [2.24, 2.45) is 5.92 Å². The van der Waals surface area contributed by atoms with Gasteiger partial charge in [-0.3, -0.25) is 4.79 Å². The van der Waals surface area contributed by atoms with Crippen molar-refractivity contribution in [2.75, 3.05) is 6.54 Å². The molecule has 20 heavy (non-hydrogen) atoms. The highest BCUT2D eigenvalue weighted by Crippen LogP contribution is 2.30. The van der Waals surface area contributed by atoms with Crippen molar-refractivity contribution in [2.45, 2.75) is 45.6 Å². The summed E-state index contributed by atoms with van der Waals surface area (Å²) in [5.41, 5.74) is 2.63. The third-order valence-electron chi connectivity index (χ3n) is 4.12. The lowest BCUT2D eigenvalue weighted by molar-refractivity contribution is -0.129. The Balaban J connectivity index is 2.16. The van der Waals surface area contributed by atoms with Gasteiger partial charge in [0, 0.05) is 18.9 Å². The zero-order valence-corrected chi connectivity index (χ0v) is 12.8. The highest BCUT2D eigenvalue weighted by molar-refractivity contribution is 5.79. The molecule has 106 valence electrons. The summed E-state index contributed by atoms with van der Waals surface area (Å²) in [7, 11) is 0. The van der Waals surface area contributed by atoms with Crippen molar-refractivity contribution < 1.29 is 4.79 Å². The van der Waals surface area contributed by atoms with Crippen LogP contribution >= 0.6 is 0 Å². The molecule has 1 aromatic rings. The average Bonchev–Trinajstić information content (AvgIpc) is 2.78. The number of rotatable bonds is 2. The third-order valence-corrected chi connectivity index (χ3v) is 4.12. The predicted octanol–water partition coefficient (Wildman–Crippen LogP) is 3.53. The molecule has 2 unspecified atom stereocenters. The average molecular weight is 269 g/mol. The molecule has 1 saturated heterocycles. The van der Waals surface area contributed by atoms with E-state index in [9.17, 15) is 4.79 Å². The van der Waals surface area contributed by atoms with E-state index < -0.39 is 0 Å². The zero-order chi connectivity index (χ0) is 14.9. The van der Waals surface area contributed by atoms with E-state index >= 15 is 0 Å². The SMILES string of the molecule is C#CC1CC(=O)N(C(C)c2ccc(C(C)(C)C)cc2)C1. The van der Waals surface area contributed by atoms with Gasteiger partial charge in [0.25, 0.3) is 0 Å². The van der Waals surface area contributed by atoms with Gasteiger partial charge in [-0.05, 0) is 23.5 Å². The number of carbonyl (C=O) groups is 1. The van der Waals surface area contributed by atoms with Gasteiger partial charge in [-0.15, -0.1) is 12.3 Å². The molecular weight excluding hydrogens is 246 g/mol. The van der Waals surface area contributed by atoms with Crippen LogP contribution in [-0.4, -0.2) is 17.4 Å². The highest BCUT2D eigenvalue weighted by Gasteiger charge is 2.32. The first kappa shape index (κ1) is 14.7. The normalized spacial score (nSPS) is 20.9. The Morgan fingerprint density at radius 3 is 2.35 bits per heavy atom. The molecule has 0 saturated carbocycles. The van der Waals surface area contributed by atoms with E-state index in [2.05, 4.69) is 57.9 Å². The van der Waals surface area contributed by atoms with Crippen LogP contribution in [0.2, 0.25) is 0 Å². The van der Waals surface area contributed by atoms with Crippen LogP contribution in [0, 0.1) is 18.3 Å². The van der Waals surface area contributed by atoms with Crippen LogP contribution in [0.3, 0.4) is 0 Å². The number of amides is 1. The number of hydrogen-bond donors (Lipinski definition) is 0. The van der Waals surface area contributed by atoms with Crippen LogP contribution in [-0.2, 0) is 10.2 Å². The Morgan fingerprint density at radius 1 is 1.30 bits per heavy atom. The molecule has 1 aliphatic heterocycles. The largest absolute Gasteiger partial charge is 0.335 e. The molecule has 0 bridgehead atoms. The lowest BCUT2D eigenvalue weighted by Crippen LogP contribution is -2.28. The Labute approximate surface area is 122 Å². The van der Waals surface area contributed by atoms with Crippen molar-refractivity contribution in [3.63, 3.8) is 0 Å². The Morgan fingerprint density at radius 2 is 1.90 bits per heavy atom. The molecular formula is C18H23NO. The van der Waals surface area contributed by atoms with Crippen LogP contribution in [0.1, 0.15) is 51.3 Å². The smallest absolute Gasteiger partial charge is 0.224 e. The molecule has 0 aliphatic carbocycles. The van der Waals surface area contributed by atoms with Gasteiger partial charge in [0.05, 0.1) is 6.04 Å². The molecule has 0 aromatic heterocycles. The number of nitrogens with zero attached hydrogens (tertiary/aromatic N) is 1. The maximum Gasteiger partial charge on any atom is 0.224 e. The number of benzene rings is 1. The third kappa shape index (κ3) is 2.88. The van der Waals surface area contributed by atoms with E-state index in [1.54, 1.807) is 0 Å². The van der Waals surface area contributed by atoms with E-state index in [4.69, 9.17) is 6.42 Å². The van der Waals surface area contributed by atoms with Gasteiger partial charge in [-0.2, -0.15) is 0 Å². The number of hydrogen-bond acceptors (Lipinski definition) is 1. The molecule has 0 radical (unpaired) electrons. The van der Waals surface area contributed by atoms with Gasteiger partial charge in [0.15, 0.2) is 0 Å². The Hall–Kier alpha value is -1.75. The first-order valence-corrected chi connectivity index (χ1v) is 7.19. The number of carbonyl (C=O) groups excluding carboxylic acids is 1. The van der Waals surface area contributed by atoms with Gasteiger partial charge >= 0.3 is 0 Å². The Kier molecular flexibility index (Phi) is 3.90. The Bertz CT molecular complexity index is 530. The van der Waals surface area contributed by atoms with Crippen molar-refractivity contribution in [3.05, 3.63) is 35.4 Å². The second kappa shape index (κ2) is 5.32. The molecule has 1 heterocycles. The standard InChI is InChI=1S/C18H23NO/c1-6-14-11-17(20)19(12-14)13(2)15-7-9-16(10-8-15)18(3,4)5/h1,7-10,13-14H,11-12H2,2-5H3. The number of terminal acetylenes is 1. The molecule has 1 aliphatic rings. The molecule has 0 N–H and O–H groups in total. The van der Waals surface area contributed by atoms with Crippen molar-refractivity contribution in [3.8, 4) is 12.3 Å². The van der Waals surface area contributed by atoms with Gasteiger partial charge in [0.2, 0.25) is 5.91 Å². The monoisotopic (exact) mass is 269 g/mol. The molecule has 2 atom stereocenters. The van der Waals surface area contributed by atoms with Crippen molar-refractivity contribution in [1.29, 1.82) is 0 Å². The van der Waals surface area contributed by atoms with Crippen LogP contribution in [0.15, 0.2) is 24.3 Å². The molecule has 2 nitrogen and oxygen atoms in total. The molecule has 2 heteroatoms. The van der Waals surface area contributed by atoms with E-state index in [0.29, 0.717) is 13.0 Å². The maximum absolute atomic E-state index is 12.0. The molecule has 1 fully saturated rings. The summed E-state index contributed by atoms with van der Waals surface area (Å²) >= 11 is 0. The van der Waals surface area contributed by atoms with E-state index in [-0.39, 0.29) is 23.3 Å². The van der Waals surface area contributed by atoms with E-state index in [1.165, 1.54) is 11.1 Å². The molecule has 2 rings (SSSR count). The van der Waals surface area contributed by atoms with Crippen molar-refractivity contribution in [1.82, 2.24) is 4.90 Å². The fourth-order valence-electron chi connectivity index (χ4n) is 2.66. The lowest BCUT2D eigenvalue weighted by atomic mass is 9.86. The summed E-state index contributed by atoms with van der Waals surface area (Å²) in [6.45, 7) is 9.35. The second-order valence-electron chi connectivity index (χ2n) is 6.66. The van der Waals surface area contributed by atoms with Crippen LogP contribution in [0.4, 0.5) is 0 Å². The van der Waals surface area contributed by atoms with Gasteiger partial charge in [-0.1, -0.05) is 45.0 Å². The quantitative estimate of drug-likeness (QED) is 0.752. The van der Waals surface area contributed by atoms with Gasteiger partial charge < -0.3 is 4.90 Å². The summed E-state index contributed by atoms with van der Waals surface area (Å²) in [6.07, 6.45) is 5.92. The maximum atomic E-state index is 12.0. The van der Waals surface area contributed by atoms with Gasteiger partial charge in [-0.25, -0.2) is 0 Å². The fraction of sp³-hybridized carbons (Fsp3) is 0.500. The van der Waals surface area contributed by atoms with Crippen molar-refractivity contribution >= 4 is 5.91 Å². The molecule has 1 aromatic carbocycles. The fourth-order valence-corrected chi connectivity index (χ4v) is 2.66. The predicted molar refractivity (Wildman–Crippen MR) is 82.2 cm³/mol. The van der Waals surface area contributed by atoms with Crippen LogP contribution < -0.4 is 0 Å². The number of likely N-dealkylation sites (tertiary alicyclic amines) is 1. The minimum Gasteiger partial charge on any atom is -0.335 e. The first-order chi connectivity index (χ1) is 9.32. The van der Waals surface area contributed by atoms with Crippen LogP contribution in [0.25, 0.3) is 0 Å². The first-order valence-electron chi connectivity index (χ1n) is 7.19.